The summed E-state index contributed by atoms with van der Waals surface area (Å²) in [5, 5.41) is 2.92. The summed E-state index contributed by atoms with van der Waals surface area (Å²) in [5.74, 6) is -0.108. The summed E-state index contributed by atoms with van der Waals surface area (Å²) < 4.78 is 0. The van der Waals surface area contributed by atoms with Crippen LogP contribution in [0, 0.1) is 12.0 Å². The summed E-state index contributed by atoms with van der Waals surface area (Å²) in [7, 11) is 3.60. The molecule has 2 aromatic heterocycles. The predicted octanol–water partition coefficient (Wildman–Crippen LogP) is 4.28. The van der Waals surface area contributed by atoms with E-state index in [4.69, 9.17) is 11.6 Å². The number of carbonyl (C=O) groups excluding carboxylic acids is 2. The minimum absolute atomic E-state index is 0.00445. The summed E-state index contributed by atoms with van der Waals surface area (Å²) >= 11 is 0. The van der Waals surface area contributed by atoms with Crippen molar-refractivity contribution in [3.8, 4) is 0 Å². The normalized spacial score (nSPS) is 18.6. The second kappa shape index (κ2) is 8.70. The molecule has 1 fully saturated rings. The largest absolute Gasteiger partial charge is 0.359 e. The second-order valence-electron chi connectivity index (χ2n) is 9.64. The number of aromatic amines is 1. The number of nitrogens with one attached hydrogen (secondary N) is 2. The van der Waals surface area contributed by atoms with Gasteiger partial charge >= 0.3 is 11.9 Å². The molecule has 9 heteroatoms. The molecule has 9 nitrogen and oxygen atoms in total. The molecule has 0 spiro atoms. The van der Waals surface area contributed by atoms with Gasteiger partial charge < -0.3 is 24.9 Å². The van der Waals surface area contributed by atoms with Crippen molar-refractivity contribution in [2.24, 2.45) is 5.41 Å². The SMILES string of the molecule is [C-]#[N+]c1c[nH]c(C(=O)Nc2ccc(C3CN(C)C(=O)N(C)C3)nc2C2=CCC(C)(C)CC2)n1. The third-order valence-electron chi connectivity index (χ3n) is 6.40. The van der Waals surface area contributed by atoms with Gasteiger partial charge in [-0.05, 0) is 42.4 Å². The van der Waals surface area contributed by atoms with Crippen LogP contribution in [0.2, 0.25) is 0 Å². The molecular weight excluding hydrogens is 418 g/mol. The number of urea groups is 1. The summed E-state index contributed by atoms with van der Waals surface area (Å²) in [6.07, 6.45) is 6.48. The number of carbonyl (C=O) groups is 2. The minimum atomic E-state index is -0.417. The van der Waals surface area contributed by atoms with Crippen molar-refractivity contribution >= 4 is 29.0 Å². The van der Waals surface area contributed by atoms with Crippen LogP contribution in [0.25, 0.3) is 10.4 Å². The van der Waals surface area contributed by atoms with Crippen molar-refractivity contribution in [3.63, 3.8) is 0 Å². The Morgan fingerprint density at radius 3 is 2.58 bits per heavy atom. The third kappa shape index (κ3) is 4.75. The lowest BCUT2D eigenvalue weighted by Crippen LogP contribution is -2.49. The first-order chi connectivity index (χ1) is 15.7. The molecule has 0 bridgehead atoms. The summed E-state index contributed by atoms with van der Waals surface area (Å²) in [4.78, 5) is 43.4. The first kappa shape index (κ1) is 22.5. The van der Waals surface area contributed by atoms with Gasteiger partial charge in [0.05, 0.1) is 11.4 Å². The number of aromatic nitrogens is 3. The Morgan fingerprint density at radius 1 is 1.24 bits per heavy atom. The Balaban J connectivity index is 1.67. The lowest BCUT2D eigenvalue weighted by molar-refractivity contribution is 0.101. The van der Waals surface area contributed by atoms with Crippen LogP contribution >= 0.6 is 0 Å². The molecule has 3 heterocycles. The first-order valence-corrected chi connectivity index (χ1v) is 11.1. The number of rotatable bonds is 4. The highest BCUT2D eigenvalue weighted by atomic mass is 16.2. The van der Waals surface area contributed by atoms with Crippen molar-refractivity contribution in [2.75, 3.05) is 32.5 Å². The van der Waals surface area contributed by atoms with Crippen LogP contribution in [0.4, 0.5) is 16.3 Å². The van der Waals surface area contributed by atoms with Crippen LogP contribution < -0.4 is 5.32 Å². The first-order valence-electron chi connectivity index (χ1n) is 11.1. The smallest absolute Gasteiger partial charge is 0.319 e. The van der Waals surface area contributed by atoms with Crippen LogP contribution in [0.5, 0.6) is 0 Å². The maximum absolute atomic E-state index is 12.8. The average Bonchev–Trinajstić information content (AvgIpc) is 3.27. The standard InChI is InChI=1S/C24H29N7O2/c1-24(2)10-8-15(9-11-24)20-18(28-22(32)21-26-12-19(25-3)29-21)7-6-17(27-20)16-13-30(4)23(33)31(5)14-16/h6-8,12,16H,9-11,13-14H2,1-2,4-5H3,(H,26,29)(H,28,32). The molecule has 1 aliphatic carbocycles. The van der Waals surface area contributed by atoms with Gasteiger partial charge in [-0.15, -0.1) is 0 Å². The van der Waals surface area contributed by atoms with E-state index < -0.39 is 5.91 Å². The topological polar surface area (TPSA) is 98.6 Å². The molecule has 0 saturated carbocycles. The molecule has 4 rings (SSSR count). The predicted molar refractivity (Wildman–Crippen MR) is 126 cm³/mol. The van der Waals surface area contributed by atoms with Crippen molar-refractivity contribution in [2.45, 2.75) is 39.0 Å². The number of nitrogens with zero attached hydrogens (tertiary/aromatic N) is 5. The van der Waals surface area contributed by atoms with E-state index in [-0.39, 0.29) is 29.0 Å². The monoisotopic (exact) mass is 447 g/mol. The van der Waals surface area contributed by atoms with Gasteiger partial charge in [-0.2, -0.15) is 0 Å². The highest BCUT2D eigenvalue weighted by molar-refractivity contribution is 6.03. The third-order valence-corrected chi connectivity index (χ3v) is 6.40. The molecule has 2 aliphatic rings. The van der Waals surface area contributed by atoms with E-state index in [1.54, 1.807) is 23.9 Å². The molecule has 0 aromatic carbocycles. The van der Waals surface area contributed by atoms with Crippen molar-refractivity contribution in [1.29, 1.82) is 0 Å². The molecular formula is C24H29N7O2. The van der Waals surface area contributed by atoms with Gasteiger partial charge in [-0.3, -0.25) is 9.78 Å². The van der Waals surface area contributed by atoms with Crippen LogP contribution in [-0.4, -0.2) is 63.9 Å². The molecule has 33 heavy (non-hydrogen) atoms. The zero-order valence-electron chi connectivity index (χ0n) is 19.5. The second-order valence-corrected chi connectivity index (χ2v) is 9.64. The Hall–Kier alpha value is -3.67. The Labute approximate surface area is 193 Å². The van der Waals surface area contributed by atoms with E-state index >= 15 is 0 Å². The van der Waals surface area contributed by atoms with E-state index in [1.165, 1.54) is 6.20 Å². The number of likely N-dealkylation sites (N-methyl/N-ethyl adjacent to an activating group) is 2. The fourth-order valence-corrected chi connectivity index (χ4v) is 4.36. The van der Waals surface area contributed by atoms with Gasteiger partial charge in [-0.1, -0.05) is 31.5 Å². The fourth-order valence-electron chi connectivity index (χ4n) is 4.36. The Kier molecular flexibility index (Phi) is 5.93. The number of allylic oxidation sites excluding steroid dienone is 2. The quantitative estimate of drug-likeness (QED) is 0.684. The Bertz CT molecular complexity index is 1140. The number of hydrogen-bond acceptors (Lipinski definition) is 4. The van der Waals surface area contributed by atoms with Crippen molar-refractivity contribution in [1.82, 2.24) is 24.8 Å². The van der Waals surface area contributed by atoms with Crippen LogP contribution in [0.3, 0.4) is 0 Å². The van der Waals surface area contributed by atoms with Crippen LogP contribution in [0.1, 0.15) is 61.0 Å². The zero-order chi connectivity index (χ0) is 23.8. The number of imidazole rings is 1. The molecule has 0 unspecified atom stereocenters. The molecule has 3 amide bonds. The Morgan fingerprint density at radius 2 is 1.97 bits per heavy atom. The van der Waals surface area contributed by atoms with Crippen molar-refractivity contribution < 1.29 is 9.59 Å². The van der Waals surface area contributed by atoms with E-state index in [0.29, 0.717) is 18.8 Å². The summed E-state index contributed by atoms with van der Waals surface area (Å²) in [6, 6.07) is 3.80. The van der Waals surface area contributed by atoms with Crippen LogP contribution in [-0.2, 0) is 0 Å². The molecule has 0 radical (unpaired) electrons. The van der Waals surface area contributed by atoms with Crippen LogP contribution in [0.15, 0.2) is 24.4 Å². The van der Waals surface area contributed by atoms with Gasteiger partial charge in [0.2, 0.25) is 0 Å². The fraction of sp³-hybridized carbons (Fsp3) is 0.458. The van der Waals surface area contributed by atoms with E-state index in [9.17, 15) is 9.59 Å². The molecule has 2 aromatic rings. The van der Waals surface area contributed by atoms with Gasteiger partial charge in [0.15, 0.2) is 0 Å². The summed E-state index contributed by atoms with van der Waals surface area (Å²) in [5.41, 5.74) is 3.62. The lowest BCUT2D eigenvalue weighted by atomic mass is 9.77. The highest BCUT2D eigenvalue weighted by Gasteiger charge is 2.30. The van der Waals surface area contributed by atoms with Gasteiger partial charge in [-0.25, -0.2) is 4.79 Å². The number of amides is 3. The molecule has 1 saturated heterocycles. The average molecular weight is 448 g/mol. The van der Waals surface area contributed by atoms with Gasteiger partial charge in [0.25, 0.3) is 11.6 Å². The lowest BCUT2D eigenvalue weighted by Gasteiger charge is -2.36. The number of hydrogen-bond donors (Lipinski definition) is 2. The van der Waals surface area contributed by atoms with Gasteiger partial charge in [0.1, 0.15) is 0 Å². The summed E-state index contributed by atoms with van der Waals surface area (Å²) in [6.45, 7) is 12.7. The molecule has 172 valence electrons. The van der Waals surface area contributed by atoms with E-state index in [2.05, 4.69) is 40.1 Å². The van der Waals surface area contributed by atoms with Crippen molar-refractivity contribution in [3.05, 3.63) is 53.0 Å². The van der Waals surface area contributed by atoms with E-state index in [0.717, 1.165) is 36.2 Å². The maximum atomic E-state index is 12.8. The number of anilines is 1. The maximum Gasteiger partial charge on any atom is 0.319 e. The molecule has 0 atom stereocenters. The highest BCUT2D eigenvalue weighted by Crippen LogP contribution is 2.39. The minimum Gasteiger partial charge on any atom is -0.359 e. The molecule has 1 aliphatic heterocycles. The number of pyridine rings is 1. The number of H-pyrrole nitrogens is 1. The van der Waals surface area contributed by atoms with Gasteiger partial charge in [0, 0.05) is 45.0 Å². The molecule has 2 N–H and O–H groups in total. The zero-order valence-corrected chi connectivity index (χ0v) is 19.5. The van der Waals surface area contributed by atoms with E-state index in [1.807, 2.05) is 12.1 Å².